The maximum atomic E-state index is 3.94. The van der Waals surface area contributed by atoms with Crippen LogP contribution in [0.5, 0.6) is 0 Å². The summed E-state index contributed by atoms with van der Waals surface area (Å²) >= 11 is 0. The van der Waals surface area contributed by atoms with Gasteiger partial charge < -0.3 is 5.73 Å². The van der Waals surface area contributed by atoms with Gasteiger partial charge >= 0.3 is 0 Å². The molecule has 1 nitrogen and oxygen atoms in total. The summed E-state index contributed by atoms with van der Waals surface area (Å²) in [5.41, 5.74) is 8.20. The van der Waals surface area contributed by atoms with Gasteiger partial charge in [-0.25, -0.2) is 0 Å². The minimum Gasteiger partial charge on any atom is -0.324 e. The first-order chi connectivity index (χ1) is 7.75. The van der Waals surface area contributed by atoms with Gasteiger partial charge in [0.05, 0.1) is 5.56 Å². The van der Waals surface area contributed by atoms with E-state index < -0.39 is 0 Å². The Kier molecular flexibility index (Phi) is 3.05. The van der Waals surface area contributed by atoms with Crippen LogP contribution in [-0.2, 0) is 0 Å². The molecule has 0 radical (unpaired) electrons. The van der Waals surface area contributed by atoms with E-state index in [1.165, 1.54) is 5.56 Å². The summed E-state index contributed by atoms with van der Waals surface area (Å²) in [7, 11) is 0. The number of quaternary nitrogens is 1. The molecule has 0 saturated carbocycles. The van der Waals surface area contributed by atoms with Crippen molar-refractivity contribution >= 4 is 5.69 Å². The minimum absolute atomic E-state index is 0.974. The molecule has 78 valence electrons. The highest BCUT2D eigenvalue weighted by Gasteiger charge is 1.95. The molecule has 0 spiro atoms. The van der Waals surface area contributed by atoms with E-state index in [1.807, 2.05) is 36.4 Å². The van der Waals surface area contributed by atoms with Gasteiger partial charge in [0.15, 0.2) is 0 Å². The van der Waals surface area contributed by atoms with Gasteiger partial charge in [-0.05, 0) is 25.1 Å². The maximum Gasteiger partial charge on any atom is 0.143 e. The number of benzene rings is 2. The van der Waals surface area contributed by atoms with Crippen molar-refractivity contribution in [3.8, 4) is 11.8 Å². The number of hydrogen-bond acceptors (Lipinski definition) is 0. The molecule has 2 aromatic rings. The SMILES string of the molecule is Cc1ccc(C#Cc2ccccc2[NH3+])cc1. The number of rotatable bonds is 0. The molecule has 0 bridgehead atoms. The number of aryl methyl sites for hydroxylation is 1. The van der Waals surface area contributed by atoms with Crippen LogP contribution in [0.15, 0.2) is 48.5 Å². The molecule has 0 heterocycles. The lowest BCUT2D eigenvalue weighted by atomic mass is 10.1. The van der Waals surface area contributed by atoms with Crippen LogP contribution in [-0.4, -0.2) is 0 Å². The molecule has 2 aromatic carbocycles. The van der Waals surface area contributed by atoms with Crippen LogP contribution in [0.1, 0.15) is 16.7 Å². The summed E-state index contributed by atoms with van der Waals surface area (Å²) in [6.07, 6.45) is 0. The lowest BCUT2D eigenvalue weighted by Gasteiger charge is -1.93. The second-order valence-corrected chi connectivity index (χ2v) is 3.77. The Morgan fingerprint density at radius 2 is 1.56 bits per heavy atom. The zero-order valence-electron chi connectivity index (χ0n) is 9.33. The average molecular weight is 208 g/mol. The first kappa shape index (κ1) is 10.5. The monoisotopic (exact) mass is 208 g/mol. The van der Waals surface area contributed by atoms with E-state index in [4.69, 9.17) is 0 Å². The molecular formula is C15H14N+. The van der Waals surface area contributed by atoms with Crippen molar-refractivity contribution in [2.75, 3.05) is 0 Å². The third-order valence-corrected chi connectivity index (χ3v) is 2.41. The summed E-state index contributed by atoms with van der Waals surface area (Å²) in [6.45, 7) is 2.07. The van der Waals surface area contributed by atoms with E-state index in [2.05, 4.69) is 36.6 Å². The molecule has 0 aromatic heterocycles. The van der Waals surface area contributed by atoms with E-state index in [0.29, 0.717) is 0 Å². The van der Waals surface area contributed by atoms with E-state index >= 15 is 0 Å². The molecule has 0 aliphatic rings. The van der Waals surface area contributed by atoms with Crippen LogP contribution in [0.2, 0.25) is 0 Å². The van der Waals surface area contributed by atoms with E-state index in [0.717, 1.165) is 16.8 Å². The third-order valence-electron chi connectivity index (χ3n) is 2.41. The molecule has 0 aliphatic heterocycles. The minimum atomic E-state index is 0.974. The van der Waals surface area contributed by atoms with Gasteiger partial charge in [0.25, 0.3) is 0 Å². The van der Waals surface area contributed by atoms with Crippen molar-refractivity contribution in [1.29, 1.82) is 0 Å². The molecule has 0 aliphatic carbocycles. The second-order valence-electron chi connectivity index (χ2n) is 3.77. The molecule has 0 amide bonds. The smallest absolute Gasteiger partial charge is 0.143 e. The topological polar surface area (TPSA) is 27.6 Å². The molecule has 3 N–H and O–H groups in total. The summed E-state index contributed by atoms with van der Waals surface area (Å²) < 4.78 is 0. The Labute approximate surface area is 95.9 Å². The van der Waals surface area contributed by atoms with Crippen LogP contribution in [0.3, 0.4) is 0 Å². The molecule has 0 atom stereocenters. The number of hydrogen-bond donors (Lipinski definition) is 1. The van der Waals surface area contributed by atoms with Crippen molar-refractivity contribution < 1.29 is 5.73 Å². The van der Waals surface area contributed by atoms with Gasteiger partial charge in [0.2, 0.25) is 0 Å². The van der Waals surface area contributed by atoms with Crippen LogP contribution in [0, 0.1) is 18.8 Å². The Morgan fingerprint density at radius 3 is 2.25 bits per heavy atom. The average Bonchev–Trinajstić information content (AvgIpc) is 2.30. The van der Waals surface area contributed by atoms with E-state index in [-0.39, 0.29) is 0 Å². The molecule has 2 rings (SSSR count). The lowest BCUT2D eigenvalue weighted by molar-refractivity contribution is -0.255. The predicted molar refractivity (Wildman–Crippen MR) is 66.1 cm³/mol. The fourth-order valence-corrected chi connectivity index (χ4v) is 1.42. The Bertz CT molecular complexity index is 542. The first-order valence-electron chi connectivity index (χ1n) is 5.25. The van der Waals surface area contributed by atoms with Crippen LogP contribution in [0.25, 0.3) is 0 Å². The fraction of sp³-hybridized carbons (Fsp3) is 0.0667. The molecular weight excluding hydrogens is 194 g/mol. The standard InChI is InChI=1S/C15H13N/c1-12-6-8-13(9-7-12)10-11-14-4-2-3-5-15(14)16/h2-9H,16H2,1H3/p+1. The highest BCUT2D eigenvalue weighted by Crippen LogP contribution is 2.07. The van der Waals surface area contributed by atoms with Gasteiger partial charge in [0.1, 0.15) is 5.69 Å². The van der Waals surface area contributed by atoms with Crippen LogP contribution < -0.4 is 5.73 Å². The van der Waals surface area contributed by atoms with Crippen molar-refractivity contribution in [3.63, 3.8) is 0 Å². The Morgan fingerprint density at radius 1 is 0.875 bits per heavy atom. The van der Waals surface area contributed by atoms with Crippen LogP contribution >= 0.6 is 0 Å². The zero-order valence-corrected chi connectivity index (χ0v) is 9.33. The summed E-state index contributed by atoms with van der Waals surface area (Å²) in [4.78, 5) is 0. The quantitative estimate of drug-likeness (QED) is 0.643. The molecule has 1 heteroatoms. The largest absolute Gasteiger partial charge is 0.324 e. The third kappa shape index (κ3) is 2.50. The van der Waals surface area contributed by atoms with Crippen molar-refractivity contribution in [2.24, 2.45) is 0 Å². The highest BCUT2D eigenvalue weighted by molar-refractivity contribution is 5.52. The summed E-state index contributed by atoms with van der Waals surface area (Å²) in [5, 5.41) is 0. The van der Waals surface area contributed by atoms with Gasteiger partial charge in [-0.15, -0.1) is 0 Å². The van der Waals surface area contributed by atoms with Crippen LogP contribution in [0.4, 0.5) is 5.69 Å². The van der Waals surface area contributed by atoms with Crippen molar-refractivity contribution in [2.45, 2.75) is 6.92 Å². The second kappa shape index (κ2) is 4.65. The van der Waals surface area contributed by atoms with Gasteiger partial charge in [0, 0.05) is 11.6 Å². The van der Waals surface area contributed by atoms with E-state index in [9.17, 15) is 0 Å². The fourth-order valence-electron chi connectivity index (χ4n) is 1.42. The van der Waals surface area contributed by atoms with Crippen molar-refractivity contribution in [1.82, 2.24) is 0 Å². The summed E-state index contributed by atoms with van der Waals surface area (Å²) in [5.74, 6) is 6.28. The van der Waals surface area contributed by atoms with E-state index in [1.54, 1.807) is 0 Å². The molecule has 0 saturated heterocycles. The Hall–Kier alpha value is -2.04. The summed E-state index contributed by atoms with van der Waals surface area (Å²) in [6, 6.07) is 16.1. The lowest BCUT2D eigenvalue weighted by Crippen LogP contribution is -2.41. The maximum absolute atomic E-state index is 3.94. The van der Waals surface area contributed by atoms with Gasteiger partial charge in [-0.1, -0.05) is 41.7 Å². The molecule has 0 unspecified atom stereocenters. The first-order valence-corrected chi connectivity index (χ1v) is 5.25. The zero-order chi connectivity index (χ0) is 11.4. The van der Waals surface area contributed by atoms with Gasteiger partial charge in [-0.2, -0.15) is 0 Å². The van der Waals surface area contributed by atoms with Gasteiger partial charge in [-0.3, -0.25) is 0 Å². The predicted octanol–water partition coefficient (Wildman–Crippen LogP) is 2.27. The molecule has 16 heavy (non-hydrogen) atoms. The Balaban J connectivity index is 2.29. The van der Waals surface area contributed by atoms with Crippen molar-refractivity contribution in [3.05, 3.63) is 65.2 Å². The molecule has 0 fully saturated rings. The highest BCUT2D eigenvalue weighted by atomic mass is 14.5. The normalized spacial score (nSPS) is 9.38.